The molecule has 0 aromatic rings. The summed E-state index contributed by atoms with van der Waals surface area (Å²) in [6, 6.07) is 0. The van der Waals surface area contributed by atoms with Crippen LogP contribution in [0.25, 0.3) is 0 Å². The first-order valence-electron chi connectivity index (χ1n) is 5.70. The molecule has 1 aliphatic carbocycles. The minimum atomic E-state index is -0.709. The molecule has 2 fully saturated rings. The summed E-state index contributed by atoms with van der Waals surface area (Å²) >= 11 is 0. The number of ether oxygens (including phenoxy) is 1. The van der Waals surface area contributed by atoms with Crippen LogP contribution >= 0.6 is 0 Å². The molecule has 2 rings (SSSR count). The second-order valence-electron chi connectivity index (χ2n) is 4.87. The van der Waals surface area contributed by atoms with Crippen molar-refractivity contribution in [3.63, 3.8) is 0 Å². The molecule has 3 N–H and O–H groups in total. The summed E-state index contributed by atoms with van der Waals surface area (Å²) in [6.45, 7) is 1.75. The van der Waals surface area contributed by atoms with Crippen molar-refractivity contribution in [1.82, 2.24) is 0 Å². The van der Waals surface area contributed by atoms with Gasteiger partial charge in [0.1, 0.15) is 0 Å². The van der Waals surface area contributed by atoms with Gasteiger partial charge in [0.25, 0.3) is 0 Å². The number of rotatable bonds is 5. The second-order valence-corrected chi connectivity index (χ2v) is 4.87. The van der Waals surface area contributed by atoms with Crippen LogP contribution in [0.2, 0.25) is 0 Å². The third-order valence-electron chi connectivity index (χ3n) is 3.83. The van der Waals surface area contributed by atoms with Gasteiger partial charge >= 0.3 is 5.97 Å². The van der Waals surface area contributed by atoms with Gasteiger partial charge < -0.3 is 15.6 Å². The lowest BCUT2D eigenvalue weighted by Crippen LogP contribution is -2.42. The van der Waals surface area contributed by atoms with E-state index in [1.165, 1.54) is 0 Å². The first kappa shape index (κ1) is 10.9. The fraction of sp³-hybridized carbons (Fsp3) is 0.909. The highest BCUT2D eigenvalue weighted by atomic mass is 16.5. The van der Waals surface area contributed by atoms with Crippen LogP contribution in [0.15, 0.2) is 0 Å². The molecule has 2 aliphatic rings. The second kappa shape index (κ2) is 4.10. The molecule has 1 saturated carbocycles. The maximum absolute atomic E-state index is 11.4. The normalized spacial score (nSPS) is 30.1. The molecule has 0 radical (unpaired) electrons. The van der Waals surface area contributed by atoms with E-state index in [0.29, 0.717) is 24.9 Å². The largest absolute Gasteiger partial charge is 0.481 e. The lowest BCUT2D eigenvalue weighted by Gasteiger charge is -2.30. The van der Waals surface area contributed by atoms with Crippen molar-refractivity contribution in [2.24, 2.45) is 23.0 Å². The molecule has 0 spiro atoms. The van der Waals surface area contributed by atoms with Crippen molar-refractivity contribution in [3.05, 3.63) is 0 Å². The zero-order chi connectivity index (χ0) is 10.9. The molecule has 0 amide bonds. The van der Waals surface area contributed by atoms with Crippen LogP contribution in [-0.2, 0) is 9.53 Å². The van der Waals surface area contributed by atoms with E-state index in [2.05, 4.69) is 0 Å². The van der Waals surface area contributed by atoms with Crippen LogP contribution in [0.4, 0.5) is 0 Å². The van der Waals surface area contributed by atoms with Gasteiger partial charge in [-0.3, -0.25) is 4.79 Å². The molecule has 1 heterocycles. The summed E-state index contributed by atoms with van der Waals surface area (Å²) < 4.78 is 5.29. The van der Waals surface area contributed by atoms with Crippen LogP contribution in [0.3, 0.4) is 0 Å². The third kappa shape index (κ3) is 2.01. The minimum absolute atomic E-state index is 0.267. The minimum Gasteiger partial charge on any atom is -0.481 e. The molecule has 86 valence electrons. The third-order valence-corrected chi connectivity index (χ3v) is 3.83. The fourth-order valence-electron chi connectivity index (χ4n) is 2.66. The summed E-state index contributed by atoms with van der Waals surface area (Å²) in [5.41, 5.74) is 5.04. The van der Waals surface area contributed by atoms with E-state index in [1.807, 2.05) is 0 Å². The molecule has 0 aromatic carbocycles. The monoisotopic (exact) mass is 213 g/mol. The van der Waals surface area contributed by atoms with E-state index in [9.17, 15) is 9.90 Å². The average Bonchev–Trinajstić information content (AvgIpc) is 2.94. The van der Waals surface area contributed by atoms with Gasteiger partial charge in [0.15, 0.2) is 0 Å². The Morgan fingerprint density at radius 3 is 2.60 bits per heavy atom. The van der Waals surface area contributed by atoms with Gasteiger partial charge in [0.05, 0.1) is 5.41 Å². The average molecular weight is 213 g/mol. The number of aliphatic carboxylic acids is 1. The van der Waals surface area contributed by atoms with Crippen molar-refractivity contribution in [2.45, 2.75) is 25.7 Å². The smallest absolute Gasteiger partial charge is 0.311 e. The van der Waals surface area contributed by atoms with Crippen molar-refractivity contribution < 1.29 is 14.6 Å². The highest BCUT2D eigenvalue weighted by Crippen LogP contribution is 2.49. The molecule has 0 aromatic heterocycles. The Kier molecular flexibility index (Phi) is 2.98. The van der Waals surface area contributed by atoms with Crippen molar-refractivity contribution >= 4 is 5.97 Å². The molecule has 0 bridgehead atoms. The van der Waals surface area contributed by atoms with Crippen LogP contribution in [0, 0.1) is 17.3 Å². The van der Waals surface area contributed by atoms with Crippen molar-refractivity contribution in [2.75, 3.05) is 19.8 Å². The van der Waals surface area contributed by atoms with Gasteiger partial charge in [-0.1, -0.05) is 0 Å². The number of hydrogen-bond donors (Lipinski definition) is 2. The predicted octanol–water partition coefficient (Wildman–Crippen LogP) is 0.853. The van der Waals surface area contributed by atoms with E-state index in [-0.39, 0.29) is 6.54 Å². The standard InChI is InChI=1S/C11H19NO3/c12-7-11(10(13)14,9-1-2-9)5-8-3-4-15-6-8/h8-9H,1-7,12H2,(H,13,14). The highest BCUT2D eigenvalue weighted by molar-refractivity contribution is 5.76. The Labute approximate surface area is 89.8 Å². The molecule has 15 heavy (non-hydrogen) atoms. The molecule has 4 heteroatoms. The Morgan fingerprint density at radius 1 is 1.47 bits per heavy atom. The van der Waals surface area contributed by atoms with Crippen molar-refractivity contribution in [3.8, 4) is 0 Å². The predicted molar refractivity (Wildman–Crippen MR) is 55.4 cm³/mol. The summed E-state index contributed by atoms with van der Waals surface area (Å²) in [5, 5.41) is 9.37. The van der Waals surface area contributed by atoms with Gasteiger partial charge in [-0.05, 0) is 37.5 Å². The van der Waals surface area contributed by atoms with E-state index in [1.54, 1.807) is 0 Å². The molecule has 4 nitrogen and oxygen atoms in total. The molecule has 1 saturated heterocycles. The topological polar surface area (TPSA) is 72.5 Å². The maximum atomic E-state index is 11.4. The SMILES string of the molecule is NCC(CC1CCOC1)(C(=O)O)C1CC1. The van der Waals surface area contributed by atoms with Gasteiger partial charge in [-0.15, -0.1) is 0 Å². The number of carboxylic acids is 1. The summed E-state index contributed by atoms with van der Waals surface area (Å²) in [4.78, 5) is 11.4. The van der Waals surface area contributed by atoms with E-state index < -0.39 is 11.4 Å². The quantitative estimate of drug-likeness (QED) is 0.710. The van der Waals surface area contributed by atoms with Gasteiger partial charge in [0, 0.05) is 19.8 Å². The number of carbonyl (C=O) groups is 1. The van der Waals surface area contributed by atoms with Crippen LogP contribution in [0.5, 0.6) is 0 Å². The first-order chi connectivity index (χ1) is 7.19. The van der Waals surface area contributed by atoms with Crippen LogP contribution < -0.4 is 5.73 Å². The van der Waals surface area contributed by atoms with Gasteiger partial charge in [0.2, 0.25) is 0 Å². The van der Waals surface area contributed by atoms with Crippen LogP contribution in [0.1, 0.15) is 25.7 Å². The number of nitrogens with two attached hydrogens (primary N) is 1. The van der Waals surface area contributed by atoms with Gasteiger partial charge in [-0.2, -0.15) is 0 Å². The lowest BCUT2D eigenvalue weighted by atomic mass is 9.75. The highest BCUT2D eigenvalue weighted by Gasteiger charge is 2.51. The fourth-order valence-corrected chi connectivity index (χ4v) is 2.66. The summed E-state index contributed by atoms with van der Waals surface area (Å²) in [7, 11) is 0. The Morgan fingerprint density at radius 2 is 2.20 bits per heavy atom. The maximum Gasteiger partial charge on any atom is 0.311 e. The number of hydrogen-bond acceptors (Lipinski definition) is 3. The van der Waals surface area contributed by atoms with Crippen LogP contribution in [-0.4, -0.2) is 30.8 Å². The zero-order valence-electron chi connectivity index (χ0n) is 8.95. The lowest BCUT2D eigenvalue weighted by molar-refractivity contribution is -0.151. The number of carboxylic acid groups (broad SMARTS) is 1. The molecule has 2 unspecified atom stereocenters. The Hall–Kier alpha value is -0.610. The summed E-state index contributed by atoms with van der Waals surface area (Å²) in [6.07, 6.45) is 3.74. The van der Waals surface area contributed by atoms with E-state index in [4.69, 9.17) is 10.5 Å². The Balaban J connectivity index is 2.06. The Bertz CT molecular complexity index is 246. The zero-order valence-corrected chi connectivity index (χ0v) is 8.95. The molecule has 1 aliphatic heterocycles. The van der Waals surface area contributed by atoms with Gasteiger partial charge in [-0.25, -0.2) is 0 Å². The summed E-state index contributed by atoms with van der Waals surface area (Å²) in [5.74, 6) is -0.00903. The van der Waals surface area contributed by atoms with E-state index >= 15 is 0 Å². The first-order valence-corrected chi connectivity index (χ1v) is 5.70. The molecular weight excluding hydrogens is 194 g/mol. The molecular formula is C11H19NO3. The molecule has 2 atom stereocenters. The van der Waals surface area contributed by atoms with E-state index in [0.717, 1.165) is 25.9 Å². The van der Waals surface area contributed by atoms with Crippen molar-refractivity contribution in [1.29, 1.82) is 0 Å².